The summed E-state index contributed by atoms with van der Waals surface area (Å²) >= 11 is 0. The maximum Gasteiger partial charge on any atom is 0.408 e. The highest BCUT2D eigenvalue weighted by molar-refractivity contribution is 5.96. The first-order valence-corrected chi connectivity index (χ1v) is 13.5. The van der Waals surface area contributed by atoms with Crippen LogP contribution in [-0.2, 0) is 36.9 Å². The van der Waals surface area contributed by atoms with E-state index >= 15 is 0 Å². The molecule has 1 saturated heterocycles. The van der Waals surface area contributed by atoms with E-state index in [0.29, 0.717) is 32.5 Å². The van der Waals surface area contributed by atoms with Gasteiger partial charge in [0.1, 0.15) is 17.2 Å². The minimum absolute atomic E-state index is 0.103. The zero-order valence-corrected chi connectivity index (χ0v) is 23.7. The van der Waals surface area contributed by atoms with Crippen LogP contribution >= 0.6 is 0 Å². The lowest BCUT2D eigenvalue weighted by atomic mass is 9.84. The van der Waals surface area contributed by atoms with Crippen molar-refractivity contribution in [1.29, 1.82) is 0 Å². The summed E-state index contributed by atoms with van der Waals surface area (Å²) in [5.74, 6) is -1.55. The molecule has 1 heterocycles. The fourth-order valence-corrected chi connectivity index (χ4v) is 4.70. The van der Waals surface area contributed by atoms with Crippen LogP contribution in [0.2, 0.25) is 0 Å². The first-order valence-electron chi connectivity index (χ1n) is 13.5. The Kier molecular flexibility index (Phi) is 10.7. The van der Waals surface area contributed by atoms with Crippen LogP contribution in [0.5, 0.6) is 0 Å². The number of benzene rings is 2. The molecule has 1 atom stereocenters. The lowest BCUT2D eigenvalue weighted by Gasteiger charge is -2.46. The zero-order valence-electron chi connectivity index (χ0n) is 23.7. The number of nitrogens with one attached hydrogen (secondary N) is 3. The third-order valence-corrected chi connectivity index (χ3v) is 6.70. The second-order valence-corrected chi connectivity index (χ2v) is 10.8. The Morgan fingerprint density at radius 3 is 2.08 bits per heavy atom. The lowest BCUT2D eigenvalue weighted by molar-refractivity contribution is -0.154. The van der Waals surface area contributed by atoms with Gasteiger partial charge in [0.2, 0.25) is 11.8 Å². The summed E-state index contributed by atoms with van der Waals surface area (Å²) in [7, 11) is 1.21. The Morgan fingerprint density at radius 1 is 0.950 bits per heavy atom. The van der Waals surface area contributed by atoms with E-state index in [1.807, 2.05) is 60.7 Å². The topological polar surface area (TPSA) is 126 Å². The van der Waals surface area contributed by atoms with Crippen LogP contribution in [0, 0.1) is 0 Å². The van der Waals surface area contributed by atoms with E-state index in [0.717, 1.165) is 11.1 Å². The molecule has 0 bridgehead atoms. The van der Waals surface area contributed by atoms with Crippen LogP contribution in [0.25, 0.3) is 0 Å². The van der Waals surface area contributed by atoms with E-state index in [9.17, 15) is 19.2 Å². The number of amides is 3. The van der Waals surface area contributed by atoms with Gasteiger partial charge in [-0.15, -0.1) is 0 Å². The van der Waals surface area contributed by atoms with Crippen molar-refractivity contribution in [2.75, 3.05) is 20.2 Å². The molecule has 0 unspecified atom stereocenters. The Bertz CT molecular complexity index is 1140. The van der Waals surface area contributed by atoms with Crippen molar-refractivity contribution in [1.82, 2.24) is 20.9 Å². The molecule has 10 heteroatoms. The number of piperidine rings is 1. The molecule has 40 heavy (non-hydrogen) atoms. The van der Waals surface area contributed by atoms with E-state index in [1.54, 1.807) is 20.8 Å². The Hall–Kier alpha value is -3.92. The summed E-state index contributed by atoms with van der Waals surface area (Å²) in [6.07, 6.45) is -0.560. The summed E-state index contributed by atoms with van der Waals surface area (Å²) in [6.45, 7) is 6.53. The van der Waals surface area contributed by atoms with Crippen molar-refractivity contribution in [3.8, 4) is 0 Å². The van der Waals surface area contributed by atoms with Gasteiger partial charge in [-0.2, -0.15) is 0 Å². The summed E-state index contributed by atoms with van der Waals surface area (Å²) in [6, 6.07) is 17.5. The molecule has 1 aliphatic heterocycles. The fourth-order valence-electron chi connectivity index (χ4n) is 4.70. The number of rotatable bonds is 10. The van der Waals surface area contributed by atoms with E-state index in [4.69, 9.17) is 9.47 Å². The third-order valence-electron chi connectivity index (χ3n) is 6.70. The quantitative estimate of drug-likeness (QED) is 0.387. The maximum absolute atomic E-state index is 14.3. The number of alkyl carbamates (subject to hydrolysis) is 1. The predicted octanol–water partition coefficient (Wildman–Crippen LogP) is 2.91. The minimum atomic E-state index is -1.31. The van der Waals surface area contributed by atoms with E-state index in [-0.39, 0.29) is 12.5 Å². The Labute approximate surface area is 235 Å². The summed E-state index contributed by atoms with van der Waals surface area (Å²) in [5, 5.41) is 8.86. The standard InChI is InChI=1S/C30H40N4O6/c1-29(2,3)40-28(38)33-24(19-25(35)39-4)26(36)34(21-23-13-9-6-10-14-23)30(15-17-31-18-16-30)27(37)32-20-22-11-7-5-8-12-22/h5-14,24,31H,15-21H2,1-4H3,(H,32,37)(H,33,38)/t24-/m0/s1. The number of carbonyl (C=O) groups excluding carboxylic acids is 4. The van der Waals surface area contributed by atoms with E-state index in [2.05, 4.69) is 16.0 Å². The number of nitrogens with zero attached hydrogens (tertiary/aromatic N) is 1. The normalized spacial score (nSPS) is 15.3. The van der Waals surface area contributed by atoms with Gasteiger partial charge >= 0.3 is 12.1 Å². The zero-order chi connectivity index (χ0) is 29.2. The molecule has 3 N–H and O–H groups in total. The summed E-state index contributed by atoms with van der Waals surface area (Å²) in [4.78, 5) is 54.9. The highest BCUT2D eigenvalue weighted by Gasteiger charge is 2.49. The number of carbonyl (C=O) groups is 4. The molecule has 0 saturated carbocycles. The molecular formula is C30H40N4O6. The predicted molar refractivity (Wildman–Crippen MR) is 150 cm³/mol. The molecule has 3 rings (SSSR count). The van der Waals surface area contributed by atoms with Gasteiger partial charge in [0, 0.05) is 13.1 Å². The van der Waals surface area contributed by atoms with Crippen LogP contribution in [0.15, 0.2) is 60.7 Å². The summed E-state index contributed by atoms with van der Waals surface area (Å²) in [5.41, 5.74) is -0.313. The average molecular weight is 553 g/mol. The highest BCUT2D eigenvalue weighted by atomic mass is 16.6. The molecule has 3 amide bonds. The molecule has 216 valence electrons. The molecule has 0 aromatic heterocycles. The molecule has 0 aliphatic carbocycles. The number of ether oxygens (including phenoxy) is 2. The molecule has 2 aromatic carbocycles. The molecule has 1 fully saturated rings. The van der Waals surface area contributed by atoms with Crippen molar-refractivity contribution in [2.45, 2.75) is 70.3 Å². The van der Waals surface area contributed by atoms with Crippen LogP contribution < -0.4 is 16.0 Å². The average Bonchev–Trinajstić information content (AvgIpc) is 2.94. The number of esters is 1. The molecule has 1 aliphatic rings. The SMILES string of the molecule is COC(=O)C[C@H](NC(=O)OC(C)(C)C)C(=O)N(Cc1ccccc1)C1(C(=O)NCc2ccccc2)CCNCC1. The number of hydrogen-bond donors (Lipinski definition) is 3. The van der Waals surface area contributed by atoms with Gasteiger partial charge in [-0.25, -0.2) is 4.79 Å². The first kappa shape index (κ1) is 30.6. The van der Waals surface area contributed by atoms with Crippen LogP contribution in [0.3, 0.4) is 0 Å². The monoisotopic (exact) mass is 552 g/mol. The number of hydrogen-bond acceptors (Lipinski definition) is 7. The first-order chi connectivity index (χ1) is 19.0. The summed E-state index contributed by atoms with van der Waals surface area (Å²) < 4.78 is 10.2. The molecule has 10 nitrogen and oxygen atoms in total. The van der Waals surface area contributed by atoms with Crippen LogP contribution in [-0.4, -0.2) is 66.2 Å². The van der Waals surface area contributed by atoms with Crippen LogP contribution in [0.1, 0.15) is 51.2 Å². The van der Waals surface area contributed by atoms with Crippen molar-refractivity contribution in [2.24, 2.45) is 0 Å². The van der Waals surface area contributed by atoms with Gasteiger partial charge in [0.15, 0.2) is 0 Å². The van der Waals surface area contributed by atoms with Crippen LogP contribution in [0.4, 0.5) is 4.79 Å². The molecule has 0 radical (unpaired) electrons. The van der Waals surface area contributed by atoms with Crippen molar-refractivity contribution >= 4 is 23.9 Å². The van der Waals surface area contributed by atoms with E-state index < -0.39 is 41.6 Å². The highest BCUT2D eigenvalue weighted by Crippen LogP contribution is 2.30. The lowest BCUT2D eigenvalue weighted by Crippen LogP contribution is -2.66. The maximum atomic E-state index is 14.3. The minimum Gasteiger partial charge on any atom is -0.469 e. The molecule has 2 aromatic rings. The van der Waals surface area contributed by atoms with Gasteiger partial charge in [0.05, 0.1) is 13.5 Å². The molecule has 0 spiro atoms. The largest absolute Gasteiger partial charge is 0.469 e. The van der Waals surface area contributed by atoms with Gasteiger partial charge in [0.25, 0.3) is 0 Å². The fraction of sp³-hybridized carbons (Fsp3) is 0.467. The van der Waals surface area contributed by atoms with Crippen molar-refractivity contribution < 1.29 is 28.7 Å². The van der Waals surface area contributed by atoms with Gasteiger partial charge < -0.3 is 30.3 Å². The third kappa shape index (κ3) is 8.54. The Balaban J connectivity index is 2.00. The van der Waals surface area contributed by atoms with Crippen molar-refractivity contribution in [3.63, 3.8) is 0 Å². The van der Waals surface area contributed by atoms with Gasteiger partial charge in [-0.3, -0.25) is 14.4 Å². The Morgan fingerprint density at radius 2 is 1.52 bits per heavy atom. The second-order valence-electron chi connectivity index (χ2n) is 10.8. The van der Waals surface area contributed by atoms with E-state index in [1.165, 1.54) is 12.0 Å². The van der Waals surface area contributed by atoms with Gasteiger partial charge in [-0.1, -0.05) is 60.7 Å². The molecular weight excluding hydrogens is 512 g/mol. The number of methoxy groups -OCH3 is 1. The smallest absolute Gasteiger partial charge is 0.408 e. The second kappa shape index (κ2) is 13.9. The van der Waals surface area contributed by atoms with Crippen molar-refractivity contribution in [3.05, 3.63) is 71.8 Å². The van der Waals surface area contributed by atoms with Gasteiger partial charge in [-0.05, 0) is 57.8 Å².